The van der Waals surface area contributed by atoms with E-state index in [0.29, 0.717) is 0 Å². The van der Waals surface area contributed by atoms with Crippen molar-refractivity contribution >= 4 is 20.3 Å². The summed E-state index contributed by atoms with van der Waals surface area (Å²) in [5, 5.41) is 0.0974. The fraction of sp³-hybridized carbons (Fsp3) is 0.714. The van der Waals surface area contributed by atoms with Gasteiger partial charge in [-0.3, -0.25) is 9.59 Å². The molecule has 0 atom stereocenters. The van der Waals surface area contributed by atoms with Crippen LogP contribution in [-0.2, 0) is 23.5 Å². The molecule has 0 aliphatic carbocycles. The molecule has 0 amide bonds. The maximum Gasteiger partial charge on any atom is 0.324 e. The summed E-state index contributed by atoms with van der Waals surface area (Å²) in [4.78, 5) is 25.2. The van der Waals surface area contributed by atoms with Crippen LogP contribution in [0.1, 0.15) is 54.4 Å². The number of rotatable bonds is 9. The first-order chi connectivity index (χ1) is 12.5. The lowest BCUT2D eigenvalue weighted by atomic mass is 9.81. The van der Waals surface area contributed by atoms with Crippen LogP contribution in [0.5, 0.6) is 0 Å². The van der Waals surface area contributed by atoms with Gasteiger partial charge in [-0.05, 0) is 45.3 Å². The first-order valence-electron chi connectivity index (χ1n) is 9.53. The second kappa shape index (κ2) is 11.3. The number of hydrogen-bond donors (Lipinski definition) is 0. The third-order valence-electron chi connectivity index (χ3n) is 4.86. The second-order valence-corrected chi connectivity index (χ2v) is 12.7. The van der Waals surface area contributed by atoms with Crippen molar-refractivity contribution in [3.05, 3.63) is 12.2 Å². The van der Waals surface area contributed by atoms with Crippen molar-refractivity contribution < 1.29 is 23.5 Å². The molecule has 0 bridgehead atoms. The topological polar surface area (TPSA) is 61.8 Å². The van der Waals surface area contributed by atoms with Gasteiger partial charge < -0.3 is 13.9 Å². The molecule has 0 heterocycles. The molecule has 0 aliphatic rings. The standard InChI is InChI=1S/C21H36O5Si/c1-9-12-15-21(18(22)24-10-2,19(23)25-11-3)16-13-14-17-26-27(7,8)20(4,5)6/h9,12H,10-11,15-17H2,1-8H3/b12-9+. The first kappa shape index (κ1) is 25.4. The van der Waals surface area contributed by atoms with Crippen LogP contribution < -0.4 is 0 Å². The number of carbonyl (C=O) groups excluding carboxylic acids is 2. The summed E-state index contributed by atoms with van der Waals surface area (Å²) >= 11 is 0. The summed E-state index contributed by atoms with van der Waals surface area (Å²) < 4.78 is 16.3. The van der Waals surface area contributed by atoms with Gasteiger partial charge in [-0.25, -0.2) is 0 Å². The van der Waals surface area contributed by atoms with Crippen LogP contribution in [0, 0.1) is 17.3 Å². The zero-order valence-corrected chi connectivity index (χ0v) is 19.2. The molecule has 0 spiro atoms. The van der Waals surface area contributed by atoms with Crippen LogP contribution in [0.4, 0.5) is 0 Å². The quantitative estimate of drug-likeness (QED) is 0.189. The van der Waals surface area contributed by atoms with Gasteiger partial charge in [-0.2, -0.15) is 0 Å². The van der Waals surface area contributed by atoms with Crippen molar-refractivity contribution in [3.63, 3.8) is 0 Å². The van der Waals surface area contributed by atoms with E-state index in [1.54, 1.807) is 26.0 Å². The van der Waals surface area contributed by atoms with Gasteiger partial charge in [0.25, 0.3) is 0 Å². The molecule has 27 heavy (non-hydrogen) atoms. The third kappa shape index (κ3) is 7.51. The smallest absolute Gasteiger partial charge is 0.324 e. The third-order valence-corrected chi connectivity index (χ3v) is 9.34. The van der Waals surface area contributed by atoms with Crippen LogP contribution >= 0.6 is 0 Å². The molecular formula is C21H36O5Si. The van der Waals surface area contributed by atoms with Crippen LogP contribution in [0.2, 0.25) is 18.1 Å². The molecule has 0 saturated heterocycles. The van der Waals surface area contributed by atoms with E-state index in [1.165, 1.54) is 0 Å². The number of carbonyl (C=O) groups is 2. The Morgan fingerprint density at radius 2 is 1.52 bits per heavy atom. The van der Waals surface area contributed by atoms with E-state index >= 15 is 0 Å². The molecule has 0 aromatic heterocycles. The van der Waals surface area contributed by atoms with E-state index in [0.717, 1.165) is 0 Å². The van der Waals surface area contributed by atoms with Gasteiger partial charge in [0.2, 0.25) is 0 Å². The Morgan fingerprint density at radius 1 is 1.00 bits per heavy atom. The summed E-state index contributed by atoms with van der Waals surface area (Å²) in [6.45, 7) is 16.7. The Morgan fingerprint density at radius 3 is 1.93 bits per heavy atom. The predicted molar refractivity (Wildman–Crippen MR) is 111 cm³/mol. The van der Waals surface area contributed by atoms with Gasteiger partial charge >= 0.3 is 11.9 Å². The van der Waals surface area contributed by atoms with Crippen molar-refractivity contribution in [2.75, 3.05) is 19.8 Å². The van der Waals surface area contributed by atoms with E-state index in [2.05, 4.69) is 45.7 Å². The normalized spacial score (nSPS) is 12.4. The van der Waals surface area contributed by atoms with Crippen LogP contribution in [0.25, 0.3) is 0 Å². The molecule has 0 unspecified atom stereocenters. The molecule has 0 aromatic carbocycles. The van der Waals surface area contributed by atoms with Crippen molar-refractivity contribution in [1.82, 2.24) is 0 Å². The zero-order chi connectivity index (χ0) is 21.1. The van der Waals surface area contributed by atoms with Gasteiger partial charge in [-0.15, -0.1) is 0 Å². The average Bonchev–Trinajstić information content (AvgIpc) is 2.56. The molecule has 154 valence electrons. The maximum absolute atomic E-state index is 12.6. The van der Waals surface area contributed by atoms with E-state index in [9.17, 15) is 9.59 Å². The highest BCUT2D eigenvalue weighted by Gasteiger charge is 2.47. The molecule has 0 fully saturated rings. The SMILES string of the molecule is C/C=C/CC(CC#CCO[Si](C)(C)C(C)(C)C)(C(=O)OCC)C(=O)OCC. The van der Waals surface area contributed by atoms with Crippen LogP contribution in [0.3, 0.4) is 0 Å². The Bertz CT molecular complexity index is 558. The van der Waals surface area contributed by atoms with Gasteiger partial charge in [0.05, 0.1) is 19.8 Å². The molecular weight excluding hydrogens is 360 g/mol. The fourth-order valence-electron chi connectivity index (χ4n) is 2.02. The van der Waals surface area contributed by atoms with Crippen molar-refractivity contribution in [2.45, 2.75) is 72.5 Å². The molecule has 5 nitrogen and oxygen atoms in total. The van der Waals surface area contributed by atoms with Gasteiger partial charge in [0, 0.05) is 6.42 Å². The number of esters is 2. The Hall–Kier alpha value is -1.58. The Labute approximate surface area is 166 Å². The second-order valence-electron chi connectivity index (χ2n) is 7.88. The maximum atomic E-state index is 12.6. The van der Waals surface area contributed by atoms with Crippen molar-refractivity contribution in [1.29, 1.82) is 0 Å². The lowest BCUT2D eigenvalue weighted by molar-refractivity contribution is -0.171. The molecule has 6 heteroatoms. The summed E-state index contributed by atoms with van der Waals surface area (Å²) in [6, 6.07) is 0. The molecule has 0 aliphatic heterocycles. The summed E-state index contributed by atoms with van der Waals surface area (Å²) in [7, 11) is -1.89. The molecule has 0 N–H and O–H groups in total. The highest BCUT2D eigenvalue weighted by molar-refractivity contribution is 6.74. The largest absolute Gasteiger partial charge is 0.465 e. The van der Waals surface area contributed by atoms with Crippen LogP contribution in [0.15, 0.2) is 12.2 Å². The van der Waals surface area contributed by atoms with Crippen molar-refractivity contribution in [2.24, 2.45) is 5.41 Å². The number of hydrogen-bond acceptors (Lipinski definition) is 5. The molecule has 0 radical (unpaired) electrons. The minimum atomic E-state index is -1.89. The Kier molecular flexibility index (Phi) is 10.6. The lowest BCUT2D eigenvalue weighted by Crippen LogP contribution is -2.42. The minimum absolute atomic E-state index is 0.0376. The predicted octanol–water partition coefficient (Wildman–Crippen LogP) is 4.48. The first-order valence-corrected chi connectivity index (χ1v) is 12.4. The van der Waals surface area contributed by atoms with Gasteiger partial charge in [0.1, 0.15) is 0 Å². The average molecular weight is 397 g/mol. The van der Waals surface area contributed by atoms with E-state index < -0.39 is 25.7 Å². The summed E-state index contributed by atoms with van der Waals surface area (Å²) in [5.41, 5.74) is -1.44. The van der Waals surface area contributed by atoms with Gasteiger partial charge in [0.15, 0.2) is 13.7 Å². The summed E-state index contributed by atoms with van der Waals surface area (Å²) in [5.74, 6) is 4.72. The lowest BCUT2D eigenvalue weighted by Gasteiger charge is -2.35. The number of allylic oxidation sites excluding steroid dienone is 2. The minimum Gasteiger partial charge on any atom is -0.465 e. The van der Waals surface area contributed by atoms with E-state index in [4.69, 9.17) is 13.9 Å². The van der Waals surface area contributed by atoms with Crippen molar-refractivity contribution in [3.8, 4) is 11.8 Å². The molecule has 0 aromatic rings. The Balaban J connectivity index is 5.42. The van der Waals surface area contributed by atoms with Gasteiger partial charge in [-0.1, -0.05) is 44.8 Å². The van der Waals surface area contributed by atoms with E-state index in [-0.39, 0.29) is 37.7 Å². The molecule has 0 saturated carbocycles. The monoisotopic (exact) mass is 396 g/mol. The fourth-order valence-corrected chi connectivity index (χ4v) is 2.89. The highest BCUT2D eigenvalue weighted by Crippen LogP contribution is 2.36. The van der Waals surface area contributed by atoms with E-state index in [1.807, 2.05) is 6.92 Å². The summed E-state index contributed by atoms with van der Waals surface area (Å²) in [6.07, 6.45) is 3.79. The molecule has 0 rings (SSSR count). The van der Waals surface area contributed by atoms with Crippen LogP contribution in [-0.4, -0.2) is 40.1 Å². The highest BCUT2D eigenvalue weighted by atomic mass is 28.4. The number of ether oxygens (including phenoxy) is 2. The zero-order valence-electron chi connectivity index (χ0n) is 18.2.